The Balaban J connectivity index is 3.26. The van der Waals surface area contributed by atoms with Crippen molar-refractivity contribution in [2.24, 2.45) is 0 Å². The molecule has 6 nitrogen and oxygen atoms in total. The molecule has 0 aromatic heterocycles. The fourth-order valence-electron chi connectivity index (χ4n) is 1.20. The maximum absolute atomic E-state index is 11.1. The summed E-state index contributed by atoms with van der Waals surface area (Å²) in [6.45, 7) is 0. The van der Waals surface area contributed by atoms with Gasteiger partial charge in [0.15, 0.2) is 11.5 Å². The first-order chi connectivity index (χ1) is 7.39. The molecular formula is C9H13NO5S. The third kappa shape index (κ3) is 2.69. The first kappa shape index (κ1) is 12.4. The molecule has 90 valence electrons. The number of nitrogens with one attached hydrogen (secondary N) is 1. The number of ether oxygens (including phenoxy) is 2. The van der Waals surface area contributed by atoms with E-state index in [9.17, 15) is 13.5 Å². The molecule has 1 aromatic rings. The number of aromatic hydroxyl groups is 1. The number of hydrogen-bond donors (Lipinski definition) is 2. The SMILES string of the molecule is COc1ccc(NS(C)(=O)=O)c(OC)c1O. The summed E-state index contributed by atoms with van der Waals surface area (Å²) in [5.41, 5.74) is 0.156. The molecule has 0 aliphatic heterocycles. The lowest BCUT2D eigenvalue weighted by Crippen LogP contribution is -2.10. The number of sulfonamides is 1. The Morgan fingerprint density at radius 2 is 1.88 bits per heavy atom. The van der Waals surface area contributed by atoms with Crippen LogP contribution in [-0.2, 0) is 10.0 Å². The zero-order chi connectivity index (χ0) is 12.3. The summed E-state index contributed by atoms with van der Waals surface area (Å²) in [7, 11) is -0.720. The van der Waals surface area contributed by atoms with Gasteiger partial charge in [-0.15, -0.1) is 0 Å². The summed E-state index contributed by atoms with van der Waals surface area (Å²) in [5.74, 6) is -0.0284. The van der Waals surface area contributed by atoms with Gasteiger partial charge in [-0.05, 0) is 12.1 Å². The second-order valence-electron chi connectivity index (χ2n) is 3.07. The third-order valence-corrected chi connectivity index (χ3v) is 2.40. The van der Waals surface area contributed by atoms with Crippen LogP contribution >= 0.6 is 0 Å². The molecule has 0 heterocycles. The average molecular weight is 247 g/mol. The molecule has 1 aromatic carbocycles. The van der Waals surface area contributed by atoms with Crippen LogP contribution in [0.1, 0.15) is 0 Å². The highest BCUT2D eigenvalue weighted by Gasteiger charge is 2.16. The van der Waals surface area contributed by atoms with Crippen LogP contribution in [0.2, 0.25) is 0 Å². The minimum Gasteiger partial charge on any atom is -0.502 e. The summed E-state index contributed by atoms with van der Waals surface area (Å²) >= 11 is 0. The predicted octanol–water partition coefficient (Wildman–Crippen LogP) is 0.781. The number of benzene rings is 1. The van der Waals surface area contributed by atoms with E-state index in [1.165, 1.54) is 26.4 Å². The Morgan fingerprint density at radius 3 is 2.31 bits per heavy atom. The molecule has 0 saturated heterocycles. The van der Waals surface area contributed by atoms with E-state index in [0.29, 0.717) is 0 Å². The van der Waals surface area contributed by atoms with E-state index in [0.717, 1.165) is 6.26 Å². The zero-order valence-corrected chi connectivity index (χ0v) is 9.96. The summed E-state index contributed by atoms with van der Waals surface area (Å²) < 4.78 is 34.1. The van der Waals surface area contributed by atoms with Crippen molar-refractivity contribution in [2.75, 3.05) is 25.2 Å². The lowest BCUT2D eigenvalue weighted by atomic mass is 10.2. The van der Waals surface area contributed by atoms with E-state index in [4.69, 9.17) is 9.47 Å². The van der Waals surface area contributed by atoms with E-state index in [2.05, 4.69) is 4.72 Å². The van der Waals surface area contributed by atoms with Crippen LogP contribution in [0.15, 0.2) is 12.1 Å². The molecule has 0 fully saturated rings. The van der Waals surface area contributed by atoms with Crippen LogP contribution in [0, 0.1) is 0 Å². The van der Waals surface area contributed by atoms with Gasteiger partial charge in [-0.3, -0.25) is 4.72 Å². The second-order valence-corrected chi connectivity index (χ2v) is 4.82. The number of rotatable bonds is 4. The molecular weight excluding hydrogens is 234 g/mol. The van der Waals surface area contributed by atoms with Crippen molar-refractivity contribution in [2.45, 2.75) is 0 Å². The Bertz CT molecular complexity index is 483. The maximum Gasteiger partial charge on any atom is 0.229 e. The fourth-order valence-corrected chi connectivity index (χ4v) is 1.76. The average Bonchev–Trinajstić information content (AvgIpc) is 2.16. The molecule has 0 radical (unpaired) electrons. The summed E-state index contributed by atoms with van der Waals surface area (Å²) in [4.78, 5) is 0. The quantitative estimate of drug-likeness (QED) is 0.821. The second kappa shape index (κ2) is 4.48. The third-order valence-electron chi connectivity index (χ3n) is 1.81. The smallest absolute Gasteiger partial charge is 0.229 e. The van der Waals surface area contributed by atoms with Gasteiger partial charge in [0.25, 0.3) is 0 Å². The Kier molecular flexibility index (Phi) is 3.48. The highest BCUT2D eigenvalue weighted by atomic mass is 32.2. The van der Waals surface area contributed by atoms with Crippen molar-refractivity contribution in [1.29, 1.82) is 0 Å². The van der Waals surface area contributed by atoms with Crippen molar-refractivity contribution in [3.05, 3.63) is 12.1 Å². The Morgan fingerprint density at radius 1 is 1.25 bits per heavy atom. The van der Waals surface area contributed by atoms with Crippen LogP contribution < -0.4 is 14.2 Å². The van der Waals surface area contributed by atoms with Crippen molar-refractivity contribution >= 4 is 15.7 Å². The molecule has 0 saturated carbocycles. The van der Waals surface area contributed by atoms with E-state index < -0.39 is 10.0 Å². The van der Waals surface area contributed by atoms with Crippen molar-refractivity contribution < 1.29 is 23.0 Å². The van der Waals surface area contributed by atoms with Gasteiger partial charge < -0.3 is 14.6 Å². The summed E-state index contributed by atoms with van der Waals surface area (Å²) in [6.07, 6.45) is 1.01. The van der Waals surface area contributed by atoms with Crippen molar-refractivity contribution in [3.63, 3.8) is 0 Å². The molecule has 2 N–H and O–H groups in total. The summed E-state index contributed by atoms with van der Waals surface area (Å²) in [5, 5.41) is 9.68. The van der Waals surface area contributed by atoms with E-state index in [-0.39, 0.29) is 22.9 Å². The fraction of sp³-hybridized carbons (Fsp3) is 0.333. The first-order valence-corrected chi connectivity index (χ1v) is 6.20. The van der Waals surface area contributed by atoms with Gasteiger partial charge >= 0.3 is 0 Å². The van der Waals surface area contributed by atoms with Gasteiger partial charge in [0.2, 0.25) is 15.8 Å². The first-order valence-electron chi connectivity index (χ1n) is 4.30. The lowest BCUT2D eigenvalue weighted by molar-refractivity contribution is 0.341. The van der Waals surface area contributed by atoms with Crippen LogP contribution in [0.4, 0.5) is 5.69 Å². The van der Waals surface area contributed by atoms with Gasteiger partial charge in [-0.25, -0.2) is 8.42 Å². The molecule has 16 heavy (non-hydrogen) atoms. The molecule has 0 atom stereocenters. The molecule has 0 amide bonds. The minimum absolute atomic E-state index is 0.0183. The van der Waals surface area contributed by atoms with E-state index in [1.807, 2.05) is 0 Å². The van der Waals surface area contributed by atoms with Gasteiger partial charge in [0.1, 0.15) is 0 Å². The number of phenolic OH excluding ortho intramolecular Hbond substituents is 1. The van der Waals surface area contributed by atoms with E-state index >= 15 is 0 Å². The number of phenols is 1. The molecule has 0 spiro atoms. The standard InChI is InChI=1S/C9H13NO5S/c1-14-7-5-4-6(10-16(3,12)13)9(15-2)8(7)11/h4-5,10-11H,1-3H3. The van der Waals surface area contributed by atoms with Gasteiger partial charge in [0, 0.05) is 0 Å². The normalized spacial score (nSPS) is 10.9. The van der Waals surface area contributed by atoms with Crippen LogP contribution in [-0.4, -0.2) is 34.0 Å². The monoisotopic (exact) mass is 247 g/mol. The molecule has 0 bridgehead atoms. The Hall–Kier alpha value is -1.63. The van der Waals surface area contributed by atoms with Gasteiger partial charge in [0.05, 0.1) is 26.2 Å². The van der Waals surface area contributed by atoms with Crippen molar-refractivity contribution in [3.8, 4) is 17.2 Å². The van der Waals surface area contributed by atoms with Gasteiger partial charge in [-0.2, -0.15) is 0 Å². The lowest BCUT2D eigenvalue weighted by Gasteiger charge is -2.13. The number of anilines is 1. The Labute approximate surface area is 93.9 Å². The van der Waals surface area contributed by atoms with Crippen molar-refractivity contribution in [1.82, 2.24) is 0 Å². The van der Waals surface area contributed by atoms with Crippen LogP contribution in [0.5, 0.6) is 17.2 Å². The largest absolute Gasteiger partial charge is 0.502 e. The van der Waals surface area contributed by atoms with E-state index in [1.54, 1.807) is 0 Å². The summed E-state index contributed by atoms with van der Waals surface area (Å²) in [6, 6.07) is 2.88. The van der Waals surface area contributed by atoms with Crippen LogP contribution in [0.3, 0.4) is 0 Å². The molecule has 7 heteroatoms. The molecule has 0 unspecified atom stereocenters. The minimum atomic E-state index is -3.43. The highest BCUT2D eigenvalue weighted by Crippen LogP contribution is 2.41. The van der Waals surface area contributed by atoms with Gasteiger partial charge in [-0.1, -0.05) is 0 Å². The molecule has 0 aliphatic carbocycles. The van der Waals surface area contributed by atoms with Crippen LogP contribution in [0.25, 0.3) is 0 Å². The highest BCUT2D eigenvalue weighted by molar-refractivity contribution is 7.92. The molecule has 0 aliphatic rings. The zero-order valence-electron chi connectivity index (χ0n) is 9.14. The number of hydrogen-bond acceptors (Lipinski definition) is 5. The topological polar surface area (TPSA) is 84.9 Å². The number of methoxy groups -OCH3 is 2. The molecule has 1 rings (SSSR count). The predicted molar refractivity (Wildman–Crippen MR) is 59.7 cm³/mol. The maximum atomic E-state index is 11.1.